The summed E-state index contributed by atoms with van der Waals surface area (Å²) in [5.41, 5.74) is 2.34. The van der Waals surface area contributed by atoms with Crippen molar-refractivity contribution in [2.75, 3.05) is 37.6 Å². The highest BCUT2D eigenvalue weighted by molar-refractivity contribution is 5.66. The minimum absolute atomic E-state index is 0.0351. The van der Waals surface area contributed by atoms with E-state index in [9.17, 15) is 10.1 Å². The number of hydrogen-bond donors (Lipinski definition) is 0. The number of esters is 1. The predicted octanol–water partition coefficient (Wildman–Crippen LogP) is 4.90. The molecule has 37 heavy (non-hydrogen) atoms. The SMILES string of the molecule is CC(=O)O[C@@H]1CCC[C@H]1[C@](C#N)(c1ccccc1)C1CCN(CC2CN(c3ccc(C#N)cc3)C2)CC1. The molecule has 2 heterocycles. The Bertz CT molecular complexity index is 1150. The van der Waals surface area contributed by atoms with Crippen molar-refractivity contribution in [3.63, 3.8) is 0 Å². The second kappa shape index (κ2) is 11.0. The number of nitrogens with zero attached hydrogens (tertiary/aromatic N) is 4. The van der Waals surface area contributed by atoms with Crippen LogP contribution in [0.5, 0.6) is 0 Å². The molecule has 0 unspecified atom stereocenters. The van der Waals surface area contributed by atoms with Crippen LogP contribution in [-0.4, -0.2) is 49.7 Å². The summed E-state index contributed by atoms with van der Waals surface area (Å²) >= 11 is 0. The molecule has 0 amide bonds. The first-order valence-electron chi connectivity index (χ1n) is 13.6. The Morgan fingerprint density at radius 2 is 1.70 bits per heavy atom. The van der Waals surface area contributed by atoms with Crippen molar-refractivity contribution in [2.45, 2.75) is 50.5 Å². The van der Waals surface area contributed by atoms with Gasteiger partial charge in [-0.15, -0.1) is 0 Å². The Balaban J connectivity index is 1.24. The summed E-state index contributed by atoms with van der Waals surface area (Å²) in [5, 5.41) is 19.8. The summed E-state index contributed by atoms with van der Waals surface area (Å²) in [4.78, 5) is 16.8. The lowest BCUT2D eigenvalue weighted by atomic mass is 9.59. The molecule has 2 aromatic carbocycles. The molecule has 1 aliphatic carbocycles. The molecule has 6 nitrogen and oxygen atoms in total. The summed E-state index contributed by atoms with van der Waals surface area (Å²) in [6.07, 6.45) is 4.55. The smallest absolute Gasteiger partial charge is 0.302 e. The zero-order chi connectivity index (χ0) is 25.8. The molecule has 5 rings (SSSR count). The number of rotatable bonds is 7. The van der Waals surface area contributed by atoms with Crippen molar-refractivity contribution >= 4 is 11.7 Å². The Morgan fingerprint density at radius 3 is 2.32 bits per heavy atom. The van der Waals surface area contributed by atoms with Gasteiger partial charge in [0.25, 0.3) is 0 Å². The highest BCUT2D eigenvalue weighted by atomic mass is 16.5. The van der Waals surface area contributed by atoms with E-state index in [0.29, 0.717) is 11.5 Å². The van der Waals surface area contributed by atoms with Crippen LogP contribution in [0.4, 0.5) is 5.69 Å². The Kier molecular flexibility index (Phi) is 7.49. The van der Waals surface area contributed by atoms with Gasteiger partial charge in [0.2, 0.25) is 0 Å². The van der Waals surface area contributed by atoms with E-state index in [1.54, 1.807) is 0 Å². The van der Waals surface area contributed by atoms with Crippen molar-refractivity contribution in [2.24, 2.45) is 17.8 Å². The summed E-state index contributed by atoms with van der Waals surface area (Å²) in [6.45, 7) is 6.66. The lowest BCUT2D eigenvalue weighted by Gasteiger charge is -2.47. The average molecular weight is 497 g/mol. The van der Waals surface area contributed by atoms with Gasteiger partial charge in [-0.1, -0.05) is 30.3 Å². The second-order valence-corrected chi connectivity index (χ2v) is 11.0. The van der Waals surface area contributed by atoms with Crippen LogP contribution >= 0.6 is 0 Å². The van der Waals surface area contributed by atoms with Gasteiger partial charge in [-0.05, 0) is 80.9 Å². The molecule has 0 aromatic heterocycles. The normalized spacial score (nSPS) is 24.5. The monoisotopic (exact) mass is 496 g/mol. The summed E-state index contributed by atoms with van der Waals surface area (Å²) in [5.74, 6) is 0.675. The minimum atomic E-state index is -0.632. The fraction of sp³-hybridized carbons (Fsp3) is 0.516. The third-order valence-corrected chi connectivity index (χ3v) is 8.86. The third-order valence-electron chi connectivity index (χ3n) is 8.86. The van der Waals surface area contributed by atoms with E-state index in [1.165, 1.54) is 12.6 Å². The molecular weight excluding hydrogens is 460 g/mol. The lowest BCUT2D eigenvalue weighted by Crippen LogP contribution is -2.54. The standard InChI is InChI=1S/C31H36N4O2/c1-23(36)37-30-9-5-8-29(30)31(22-33,26-6-3-2-4-7-26)27-14-16-34(17-15-27)19-25-20-35(21-25)28-12-10-24(18-32)11-13-28/h2-4,6-7,10-13,25,27,29-30H,5,8-9,14-17,19-21H2,1H3/t29-,30-,31-/m1/s1. The number of carbonyl (C=O) groups is 1. The van der Waals surface area contributed by atoms with Crippen LogP contribution < -0.4 is 4.90 Å². The largest absolute Gasteiger partial charge is 0.462 e. The number of nitriles is 2. The topological polar surface area (TPSA) is 80.4 Å². The van der Waals surface area contributed by atoms with Gasteiger partial charge in [0, 0.05) is 44.1 Å². The zero-order valence-corrected chi connectivity index (χ0v) is 21.7. The van der Waals surface area contributed by atoms with Crippen molar-refractivity contribution < 1.29 is 9.53 Å². The molecule has 0 N–H and O–H groups in total. The highest BCUT2D eigenvalue weighted by Crippen LogP contribution is 2.51. The van der Waals surface area contributed by atoms with E-state index in [2.05, 4.69) is 34.1 Å². The van der Waals surface area contributed by atoms with Gasteiger partial charge in [0.1, 0.15) is 6.10 Å². The van der Waals surface area contributed by atoms with Crippen LogP contribution in [-0.2, 0) is 14.9 Å². The van der Waals surface area contributed by atoms with Gasteiger partial charge in [-0.25, -0.2) is 0 Å². The van der Waals surface area contributed by atoms with Crippen LogP contribution in [0.3, 0.4) is 0 Å². The van der Waals surface area contributed by atoms with Gasteiger partial charge < -0.3 is 14.5 Å². The molecule has 3 fully saturated rings. The number of carbonyl (C=O) groups excluding carboxylic acids is 1. The molecule has 0 spiro atoms. The number of hydrogen-bond acceptors (Lipinski definition) is 6. The first kappa shape index (κ1) is 25.3. The van der Waals surface area contributed by atoms with E-state index in [-0.39, 0.29) is 23.9 Å². The van der Waals surface area contributed by atoms with Crippen LogP contribution in [0.15, 0.2) is 54.6 Å². The quantitative estimate of drug-likeness (QED) is 0.507. The van der Waals surface area contributed by atoms with E-state index in [0.717, 1.165) is 70.4 Å². The molecule has 2 saturated heterocycles. The van der Waals surface area contributed by atoms with Crippen LogP contribution in [0.1, 0.15) is 50.2 Å². The maximum Gasteiger partial charge on any atom is 0.302 e. The Morgan fingerprint density at radius 1 is 1.00 bits per heavy atom. The maximum absolute atomic E-state index is 11.9. The molecule has 3 aliphatic rings. The molecule has 1 saturated carbocycles. The fourth-order valence-electron chi connectivity index (χ4n) is 7.09. The number of benzene rings is 2. The van der Waals surface area contributed by atoms with Gasteiger partial charge in [-0.3, -0.25) is 4.79 Å². The van der Waals surface area contributed by atoms with Crippen LogP contribution in [0.25, 0.3) is 0 Å². The van der Waals surface area contributed by atoms with E-state index < -0.39 is 5.41 Å². The second-order valence-electron chi connectivity index (χ2n) is 11.0. The number of piperidine rings is 1. The minimum Gasteiger partial charge on any atom is -0.462 e. The maximum atomic E-state index is 11.9. The molecular formula is C31H36N4O2. The molecule has 3 atom stereocenters. The predicted molar refractivity (Wildman–Crippen MR) is 143 cm³/mol. The van der Waals surface area contributed by atoms with Crippen LogP contribution in [0.2, 0.25) is 0 Å². The lowest BCUT2D eigenvalue weighted by molar-refractivity contribution is -0.149. The van der Waals surface area contributed by atoms with Gasteiger partial charge in [-0.2, -0.15) is 10.5 Å². The van der Waals surface area contributed by atoms with E-state index in [4.69, 9.17) is 10.00 Å². The Labute approximate surface area is 220 Å². The summed E-state index contributed by atoms with van der Waals surface area (Å²) in [7, 11) is 0. The molecule has 6 heteroatoms. The molecule has 0 radical (unpaired) electrons. The van der Waals surface area contributed by atoms with Crippen molar-refractivity contribution in [3.8, 4) is 12.1 Å². The zero-order valence-electron chi connectivity index (χ0n) is 21.7. The molecule has 2 aliphatic heterocycles. The van der Waals surface area contributed by atoms with Gasteiger partial charge >= 0.3 is 5.97 Å². The summed E-state index contributed by atoms with van der Waals surface area (Å²) < 4.78 is 5.78. The van der Waals surface area contributed by atoms with Crippen molar-refractivity contribution in [1.82, 2.24) is 4.90 Å². The molecule has 192 valence electrons. The molecule has 0 bridgehead atoms. The van der Waals surface area contributed by atoms with E-state index in [1.807, 2.05) is 42.5 Å². The van der Waals surface area contributed by atoms with E-state index >= 15 is 0 Å². The third kappa shape index (κ3) is 5.09. The number of ether oxygens (including phenoxy) is 1. The highest BCUT2D eigenvalue weighted by Gasteiger charge is 2.53. The fourth-order valence-corrected chi connectivity index (χ4v) is 7.09. The average Bonchev–Trinajstić information content (AvgIpc) is 3.36. The first-order chi connectivity index (χ1) is 18.0. The van der Waals surface area contributed by atoms with Crippen molar-refractivity contribution in [1.29, 1.82) is 10.5 Å². The first-order valence-corrected chi connectivity index (χ1v) is 13.6. The number of anilines is 1. The van der Waals surface area contributed by atoms with Gasteiger partial charge in [0.15, 0.2) is 0 Å². The number of likely N-dealkylation sites (tertiary alicyclic amines) is 1. The Hall–Kier alpha value is -3.35. The van der Waals surface area contributed by atoms with Gasteiger partial charge in [0.05, 0.1) is 23.1 Å². The van der Waals surface area contributed by atoms with Crippen molar-refractivity contribution in [3.05, 3.63) is 65.7 Å². The summed E-state index contributed by atoms with van der Waals surface area (Å²) in [6, 6.07) is 23.1. The molecule has 2 aromatic rings. The van der Waals surface area contributed by atoms with Crippen LogP contribution in [0, 0.1) is 40.4 Å².